The van der Waals surface area contributed by atoms with Crippen molar-refractivity contribution in [2.75, 3.05) is 11.5 Å². The first-order valence-electron chi connectivity index (χ1n) is 5.69. The number of hydrogen-bond acceptors (Lipinski definition) is 6. The number of halogens is 1. The van der Waals surface area contributed by atoms with Crippen molar-refractivity contribution in [2.24, 2.45) is 0 Å². The third-order valence-electron chi connectivity index (χ3n) is 2.85. The Hall–Kier alpha value is -2.41. The SMILES string of the molecule is Cc1cc(Cl)ccc1Cc1nc(N)nc(N)c1[N+](=O)[O-]. The normalized spacial score (nSPS) is 10.5. The van der Waals surface area contributed by atoms with Crippen molar-refractivity contribution in [1.82, 2.24) is 9.97 Å². The van der Waals surface area contributed by atoms with Gasteiger partial charge in [0.05, 0.1) is 4.92 Å². The van der Waals surface area contributed by atoms with Crippen LogP contribution in [0.5, 0.6) is 0 Å². The van der Waals surface area contributed by atoms with Crippen molar-refractivity contribution < 1.29 is 4.92 Å². The summed E-state index contributed by atoms with van der Waals surface area (Å²) in [5.74, 6) is -0.321. The maximum absolute atomic E-state index is 11.1. The molecule has 8 heteroatoms. The number of nitrogen functional groups attached to an aromatic ring is 2. The Balaban J connectivity index is 2.50. The minimum absolute atomic E-state index is 0.0882. The lowest BCUT2D eigenvalue weighted by atomic mass is 10.0. The van der Waals surface area contributed by atoms with Gasteiger partial charge in [-0.2, -0.15) is 4.98 Å². The highest BCUT2D eigenvalue weighted by atomic mass is 35.5. The molecular formula is C12H12ClN5O2. The van der Waals surface area contributed by atoms with E-state index in [1.165, 1.54) is 0 Å². The summed E-state index contributed by atoms with van der Waals surface area (Å²) < 4.78 is 0. The van der Waals surface area contributed by atoms with Crippen LogP contribution in [-0.4, -0.2) is 14.9 Å². The van der Waals surface area contributed by atoms with Gasteiger partial charge >= 0.3 is 5.69 Å². The fourth-order valence-electron chi connectivity index (χ4n) is 1.90. The lowest BCUT2D eigenvalue weighted by Gasteiger charge is -2.08. The molecule has 4 N–H and O–H groups in total. The molecule has 0 saturated heterocycles. The molecule has 0 spiro atoms. The molecule has 0 unspecified atom stereocenters. The van der Waals surface area contributed by atoms with Gasteiger partial charge in [0.2, 0.25) is 11.8 Å². The van der Waals surface area contributed by atoms with E-state index in [2.05, 4.69) is 9.97 Å². The van der Waals surface area contributed by atoms with Crippen LogP contribution in [0.1, 0.15) is 16.8 Å². The zero-order chi connectivity index (χ0) is 14.9. The van der Waals surface area contributed by atoms with Crippen LogP contribution in [0.15, 0.2) is 18.2 Å². The van der Waals surface area contributed by atoms with Gasteiger partial charge in [0, 0.05) is 11.4 Å². The van der Waals surface area contributed by atoms with E-state index < -0.39 is 4.92 Å². The van der Waals surface area contributed by atoms with E-state index in [9.17, 15) is 10.1 Å². The smallest absolute Gasteiger partial charge is 0.332 e. The zero-order valence-corrected chi connectivity index (χ0v) is 11.4. The monoisotopic (exact) mass is 293 g/mol. The molecule has 0 fully saturated rings. The summed E-state index contributed by atoms with van der Waals surface area (Å²) >= 11 is 5.88. The molecule has 2 aromatic rings. The summed E-state index contributed by atoms with van der Waals surface area (Å²) in [7, 11) is 0. The highest BCUT2D eigenvalue weighted by Gasteiger charge is 2.22. The molecule has 104 valence electrons. The first-order valence-corrected chi connectivity index (χ1v) is 6.07. The van der Waals surface area contributed by atoms with Crippen LogP contribution in [-0.2, 0) is 6.42 Å². The van der Waals surface area contributed by atoms with Crippen LogP contribution in [0, 0.1) is 17.0 Å². The summed E-state index contributed by atoms with van der Waals surface area (Å²) in [6.07, 6.45) is 0.232. The number of benzene rings is 1. The molecular weight excluding hydrogens is 282 g/mol. The van der Waals surface area contributed by atoms with Crippen LogP contribution in [0.25, 0.3) is 0 Å². The number of hydrogen-bond donors (Lipinski definition) is 2. The highest BCUT2D eigenvalue weighted by Crippen LogP contribution is 2.27. The van der Waals surface area contributed by atoms with E-state index in [1.54, 1.807) is 18.2 Å². The molecule has 2 rings (SSSR count). The quantitative estimate of drug-likeness (QED) is 0.660. The average molecular weight is 294 g/mol. The number of aromatic nitrogens is 2. The molecule has 0 aliphatic rings. The van der Waals surface area contributed by atoms with Gasteiger partial charge < -0.3 is 11.5 Å². The second-order valence-electron chi connectivity index (χ2n) is 4.27. The second-order valence-corrected chi connectivity index (χ2v) is 4.70. The largest absolute Gasteiger partial charge is 0.378 e. The van der Waals surface area contributed by atoms with Gasteiger partial charge in [-0.25, -0.2) is 4.98 Å². The minimum Gasteiger partial charge on any atom is -0.378 e. The fraction of sp³-hybridized carbons (Fsp3) is 0.167. The third kappa shape index (κ3) is 2.77. The molecule has 0 aliphatic carbocycles. The van der Waals surface area contributed by atoms with Gasteiger partial charge in [-0.05, 0) is 30.2 Å². The summed E-state index contributed by atoms with van der Waals surface area (Å²) in [5, 5.41) is 11.7. The lowest BCUT2D eigenvalue weighted by molar-refractivity contribution is -0.385. The molecule has 1 aromatic carbocycles. The van der Waals surface area contributed by atoms with Gasteiger partial charge in [0.25, 0.3) is 0 Å². The average Bonchev–Trinajstić information content (AvgIpc) is 2.31. The predicted octanol–water partition coefficient (Wildman–Crippen LogP) is 2.10. The Morgan fingerprint density at radius 3 is 2.65 bits per heavy atom. The Kier molecular flexibility index (Phi) is 3.71. The maximum Gasteiger partial charge on any atom is 0.332 e. The van der Waals surface area contributed by atoms with Crippen LogP contribution in [0.3, 0.4) is 0 Å². The number of nitrogens with zero attached hydrogens (tertiary/aromatic N) is 3. The van der Waals surface area contributed by atoms with E-state index in [1.807, 2.05) is 6.92 Å². The predicted molar refractivity (Wildman–Crippen MR) is 76.5 cm³/mol. The van der Waals surface area contributed by atoms with Gasteiger partial charge in [-0.1, -0.05) is 17.7 Å². The second kappa shape index (κ2) is 5.30. The Labute approximate surface area is 119 Å². The van der Waals surface area contributed by atoms with E-state index in [-0.39, 0.29) is 29.6 Å². The third-order valence-corrected chi connectivity index (χ3v) is 3.08. The van der Waals surface area contributed by atoms with Crippen LogP contribution in [0.4, 0.5) is 17.5 Å². The van der Waals surface area contributed by atoms with Gasteiger partial charge in [-0.3, -0.25) is 10.1 Å². The molecule has 0 atom stereocenters. The van der Waals surface area contributed by atoms with Gasteiger partial charge in [0.15, 0.2) is 0 Å². The van der Waals surface area contributed by atoms with E-state index in [0.29, 0.717) is 5.02 Å². The summed E-state index contributed by atoms with van der Waals surface area (Å²) in [6.45, 7) is 1.86. The summed E-state index contributed by atoms with van der Waals surface area (Å²) in [6, 6.07) is 5.27. The molecule has 0 radical (unpaired) electrons. The fourth-order valence-corrected chi connectivity index (χ4v) is 2.13. The lowest BCUT2D eigenvalue weighted by Crippen LogP contribution is -2.09. The van der Waals surface area contributed by atoms with E-state index in [0.717, 1.165) is 11.1 Å². The van der Waals surface area contributed by atoms with Gasteiger partial charge in [-0.15, -0.1) is 0 Å². The molecule has 7 nitrogen and oxygen atoms in total. The minimum atomic E-state index is -0.602. The standard InChI is InChI=1S/C12H12ClN5O2/c1-6-4-8(13)3-2-7(6)5-9-10(18(19)20)11(14)17-12(15)16-9/h2-4H,5H2,1H3,(H4,14,15,16,17). The number of anilines is 2. The van der Waals surface area contributed by atoms with Crippen molar-refractivity contribution in [3.8, 4) is 0 Å². The summed E-state index contributed by atoms with van der Waals surface area (Å²) in [5.41, 5.74) is 12.7. The molecule has 0 bridgehead atoms. The molecule has 1 heterocycles. The molecule has 0 aliphatic heterocycles. The number of nitro groups is 1. The number of aryl methyl sites for hydroxylation is 1. The van der Waals surface area contributed by atoms with Crippen LogP contribution >= 0.6 is 11.6 Å². The molecule has 20 heavy (non-hydrogen) atoms. The van der Waals surface area contributed by atoms with E-state index >= 15 is 0 Å². The van der Waals surface area contributed by atoms with Crippen molar-refractivity contribution in [3.05, 3.63) is 50.2 Å². The van der Waals surface area contributed by atoms with Crippen molar-refractivity contribution in [1.29, 1.82) is 0 Å². The first kappa shape index (κ1) is 14.0. The van der Waals surface area contributed by atoms with Crippen molar-refractivity contribution >= 4 is 29.1 Å². The molecule has 0 saturated carbocycles. The van der Waals surface area contributed by atoms with Crippen LogP contribution < -0.4 is 11.5 Å². The van der Waals surface area contributed by atoms with Crippen LogP contribution in [0.2, 0.25) is 5.02 Å². The Morgan fingerprint density at radius 1 is 1.35 bits per heavy atom. The summed E-state index contributed by atoms with van der Waals surface area (Å²) in [4.78, 5) is 18.0. The zero-order valence-electron chi connectivity index (χ0n) is 10.6. The van der Waals surface area contributed by atoms with Gasteiger partial charge in [0.1, 0.15) is 5.69 Å². The highest BCUT2D eigenvalue weighted by molar-refractivity contribution is 6.30. The number of nitrogens with two attached hydrogens (primary N) is 2. The Bertz CT molecular complexity index is 690. The van der Waals surface area contributed by atoms with E-state index in [4.69, 9.17) is 23.1 Å². The van der Waals surface area contributed by atoms with Crippen molar-refractivity contribution in [3.63, 3.8) is 0 Å². The maximum atomic E-state index is 11.1. The Morgan fingerprint density at radius 2 is 2.05 bits per heavy atom. The molecule has 0 amide bonds. The first-order chi connectivity index (χ1) is 9.38. The molecule has 1 aromatic heterocycles. The topological polar surface area (TPSA) is 121 Å². The number of rotatable bonds is 3. The van der Waals surface area contributed by atoms with Crippen molar-refractivity contribution in [2.45, 2.75) is 13.3 Å².